The van der Waals surface area contributed by atoms with Gasteiger partial charge in [-0.1, -0.05) is 11.1 Å². The van der Waals surface area contributed by atoms with Gasteiger partial charge < -0.3 is 0 Å². The van der Waals surface area contributed by atoms with Crippen molar-refractivity contribution in [1.82, 2.24) is 0 Å². The Balaban J connectivity index is 1.68. The first-order valence-corrected chi connectivity index (χ1v) is 7.25. The minimum atomic E-state index is 0.0191. The van der Waals surface area contributed by atoms with Crippen LogP contribution in [0.2, 0.25) is 0 Å². The average Bonchev–Trinajstić information content (AvgIpc) is 3.07. The van der Waals surface area contributed by atoms with Crippen molar-refractivity contribution in [3.8, 4) is 0 Å². The molecule has 2 saturated carbocycles. The number of hydrogen-bond donors (Lipinski definition) is 0. The standard InChI is InChI=1S/C16H16O2/c17-11-3-4-12(18)16-10-6-9(15(11)16)13-7-1-2-8(5-7)14(10)13/h3-4,7-10,15-16H,1-2,5-6H2/t7-,8+,9-,10-,15-,16-/m0/s1. The molecule has 92 valence electrons. The maximum absolute atomic E-state index is 12.1. The summed E-state index contributed by atoms with van der Waals surface area (Å²) in [6.45, 7) is 0. The molecule has 0 aromatic rings. The van der Waals surface area contributed by atoms with Gasteiger partial charge in [0.15, 0.2) is 11.6 Å². The number of fused-ring (bicyclic) bond motifs is 11. The molecular formula is C16H16O2. The normalized spacial score (nSPS) is 51.3. The lowest BCUT2D eigenvalue weighted by Crippen LogP contribution is -2.38. The molecule has 0 aromatic heterocycles. The van der Waals surface area contributed by atoms with E-state index in [1.807, 2.05) is 0 Å². The van der Waals surface area contributed by atoms with Crippen molar-refractivity contribution in [3.05, 3.63) is 23.3 Å². The van der Waals surface area contributed by atoms with E-state index in [4.69, 9.17) is 0 Å². The predicted molar refractivity (Wildman–Crippen MR) is 65.6 cm³/mol. The third-order valence-corrected chi connectivity index (χ3v) is 6.28. The van der Waals surface area contributed by atoms with Crippen LogP contribution in [0, 0.1) is 35.5 Å². The summed E-state index contributed by atoms with van der Waals surface area (Å²) in [6.07, 6.45) is 8.18. The zero-order valence-electron chi connectivity index (χ0n) is 10.3. The molecule has 4 bridgehead atoms. The molecule has 0 aliphatic heterocycles. The van der Waals surface area contributed by atoms with Gasteiger partial charge in [0.05, 0.1) is 0 Å². The van der Waals surface area contributed by atoms with Crippen LogP contribution in [0.3, 0.4) is 0 Å². The lowest BCUT2D eigenvalue weighted by Gasteiger charge is -2.35. The Morgan fingerprint density at radius 3 is 1.78 bits per heavy atom. The fourth-order valence-corrected chi connectivity index (χ4v) is 5.90. The molecule has 0 unspecified atom stereocenters. The zero-order valence-corrected chi connectivity index (χ0v) is 10.3. The highest BCUT2D eigenvalue weighted by atomic mass is 16.1. The largest absolute Gasteiger partial charge is 0.294 e. The van der Waals surface area contributed by atoms with Gasteiger partial charge in [-0.2, -0.15) is 0 Å². The van der Waals surface area contributed by atoms with Crippen molar-refractivity contribution in [2.24, 2.45) is 35.5 Å². The topological polar surface area (TPSA) is 34.1 Å². The van der Waals surface area contributed by atoms with Crippen molar-refractivity contribution in [1.29, 1.82) is 0 Å². The third-order valence-electron chi connectivity index (χ3n) is 6.28. The van der Waals surface area contributed by atoms with E-state index in [9.17, 15) is 9.59 Å². The molecule has 2 heteroatoms. The van der Waals surface area contributed by atoms with Crippen LogP contribution in [-0.2, 0) is 9.59 Å². The van der Waals surface area contributed by atoms with Crippen LogP contribution in [0.5, 0.6) is 0 Å². The van der Waals surface area contributed by atoms with E-state index in [1.54, 1.807) is 11.1 Å². The van der Waals surface area contributed by atoms with E-state index < -0.39 is 0 Å². The number of hydrogen-bond acceptors (Lipinski definition) is 2. The molecule has 5 rings (SSSR count). The molecule has 6 atom stereocenters. The number of ketones is 2. The van der Waals surface area contributed by atoms with Gasteiger partial charge in [-0.25, -0.2) is 0 Å². The van der Waals surface area contributed by atoms with E-state index in [-0.39, 0.29) is 23.4 Å². The van der Waals surface area contributed by atoms with E-state index >= 15 is 0 Å². The van der Waals surface area contributed by atoms with E-state index in [2.05, 4.69) is 0 Å². The lowest BCUT2D eigenvalue weighted by molar-refractivity contribution is -0.129. The summed E-state index contributed by atoms with van der Waals surface area (Å²) >= 11 is 0. The van der Waals surface area contributed by atoms with Crippen LogP contribution in [0.15, 0.2) is 23.3 Å². The summed E-state index contributed by atoms with van der Waals surface area (Å²) in [5.74, 6) is 2.90. The van der Waals surface area contributed by atoms with Gasteiger partial charge in [-0.05, 0) is 61.5 Å². The molecule has 0 aromatic carbocycles. The highest BCUT2D eigenvalue weighted by Crippen LogP contribution is 2.67. The highest BCUT2D eigenvalue weighted by molar-refractivity contribution is 6.08. The first-order valence-electron chi connectivity index (χ1n) is 7.25. The Morgan fingerprint density at radius 2 is 1.28 bits per heavy atom. The van der Waals surface area contributed by atoms with Gasteiger partial charge in [0.25, 0.3) is 0 Å². The van der Waals surface area contributed by atoms with Crippen molar-refractivity contribution in [3.63, 3.8) is 0 Å². The highest BCUT2D eigenvalue weighted by Gasteiger charge is 2.62. The number of rotatable bonds is 0. The molecule has 0 radical (unpaired) electrons. The molecular weight excluding hydrogens is 224 g/mol. The van der Waals surface area contributed by atoms with Gasteiger partial charge in [-0.3, -0.25) is 9.59 Å². The average molecular weight is 240 g/mol. The Bertz CT molecular complexity index is 507. The Morgan fingerprint density at radius 1 is 0.778 bits per heavy atom. The van der Waals surface area contributed by atoms with Crippen molar-refractivity contribution >= 4 is 11.6 Å². The minimum Gasteiger partial charge on any atom is -0.294 e. The molecule has 2 nitrogen and oxygen atoms in total. The minimum absolute atomic E-state index is 0.0191. The Kier molecular flexibility index (Phi) is 1.55. The second-order valence-corrected chi connectivity index (χ2v) is 6.76. The van der Waals surface area contributed by atoms with Gasteiger partial charge in [0, 0.05) is 11.8 Å². The first kappa shape index (κ1) is 9.71. The van der Waals surface area contributed by atoms with Crippen LogP contribution in [-0.4, -0.2) is 11.6 Å². The molecule has 2 fully saturated rings. The van der Waals surface area contributed by atoms with E-state index in [0.717, 1.165) is 18.3 Å². The Hall–Kier alpha value is -1.18. The third kappa shape index (κ3) is 0.877. The van der Waals surface area contributed by atoms with Crippen LogP contribution < -0.4 is 0 Å². The van der Waals surface area contributed by atoms with Crippen LogP contribution in [0.4, 0.5) is 0 Å². The smallest absolute Gasteiger partial charge is 0.160 e. The van der Waals surface area contributed by atoms with Gasteiger partial charge >= 0.3 is 0 Å². The van der Waals surface area contributed by atoms with Crippen LogP contribution in [0.25, 0.3) is 0 Å². The first-order chi connectivity index (χ1) is 8.75. The molecule has 5 aliphatic rings. The maximum Gasteiger partial charge on any atom is 0.160 e. The Labute approximate surface area is 106 Å². The van der Waals surface area contributed by atoms with E-state index in [1.165, 1.54) is 31.4 Å². The van der Waals surface area contributed by atoms with Crippen molar-refractivity contribution in [2.45, 2.75) is 25.7 Å². The number of allylic oxidation sites excluding steroid dienone is 4. The summed E-state index contributed by atoms with van der Waals surface area (Å²) in [7, 11) is 0. The summed E-state index contributed by atoms with van der Waals surface area (Å²) < 4.78 is 0. The second-order valence-electron chi connectivity index (χ2n) is 6.76. The van der Waals surface area contributed by atoms with E-state index in [0.29, 0.717) is 11.8 Å². The maximum atomic E-state index is 12.1. The fourth-order valence-electron chi connectivity index (χ4n) is 5.90. The van der Waals surface area contributed by atoms with Gasteiger partial charge in [0.1, 0.15) is 0 Å². The summed E-state index contributed by atoms with van der Waals surface area (Å²) in [5.41, 5.74) is 3.29. The molecule has 0 amide bonds. The monoisotopic (exact) mass is 240 g/mol. The molecule has 0 N–H and O–H groups in total. The quantitative estimate of drug-likeness (QED) is 0.481. The SMILES string of the molecule is O=C1C=CC(=O)[C@H]2[C@H]1[C@H]1C[C@H]2C2=C1[C@@H]1CC[C@H]2C1. The second kappa shape index (κ2) is 2.87. The van der Waals surface area contributed by atoms with Crippen molar-refractivity contribution in [2.75, 3.05) is 0 Å². The fraction of sp³-hybridized carbons (Fsp3) is 0.625. The molecule has 0 spiro atoms. The van der Waals surface area contributed by atoms with Gasteiger partial charge in [0.2, 0.25) is 0 Å². The zero-order chi connectivity index (χ0) is 12.0. The van der Waals surface area contributed by atoms with Crippen LogP contribution >= 0.6 is 0 Å². The molecule has 18 heavy (non-hydrogen) atoms. The summed E-state index contributed by atoms with van der Waals surface area (Å²) in [5, 5.41) is 0. The van der Waals surface area contributed by atoms with Crippen molar-refractivity contribution < 1.29 is 9.59 Å². The lowest BCUT2D eigenvalue weighted by atomic mass is 9.67. The summed E-state index contributed by atoms with van der Waals surface area (Å²) in [6, 6.07) is 0. The predicted octanol–water partition coefficient (Wildman–Crippen LogP) is 2.30. The molecule has 5 aliphatic carbocycles. The van der Waals surface area contributed by atoms with Gasteiger partial charge in [-0.15, -0.1) is 0 Å². The molecule has 0 heterocycles. The summed E-state index contributed by atoms with van der Waals surface area (Å²) in [4.78, 5) is 24.3. The number of carbonyl (C=O) groups is 2. The van der Waals surface area contributed by atoms with Crippen LogP contribution in [0.1, 0.15) is 25.7 Å². The molecule has 0 saturated heterocycles. The number of carbonyl (C=O) groups excluding carboxylic acids is 2.